The van der Waals surface area contributed by atoms with Crippen molar-refractivity contribution in [1.82, 2.24) is 0 Å². The van der Waals surface area contributed by atoms with Crippen LogP contribution in [0.25, 0.3) is 0 Å². The van der Waals surface area contributed by atoms with E-state index in [0.717, 1.165) is 17.0 Å². The minimum Gasteiger partial charge on any atom is -0.494 e. The Morgan fingerprint density at radius 3 is 2.32 bits per heavy atom. The molecule has 2 aromatic carbocycles. The van der Waals surface area contributed by atoms with Crippen LogP contribution < -0.4 is 10.1 Å². The highest BCUT2D eigenvalue weighted by Gasteiger charge is 2.24. The van der Waals surface area contributed by atoms with Gasteiger partial charge in [-0.15, -0.1) is 0 Å². The summed E-state index contributed by atoms with van der Waals surface area (Å²) in [5.41, 5.74) is 1.79. The fourth-order valence-corrected chi connectivity index (χ4v) is 2.92. The molecule has 0 saturated heterocycles. The number of nitrogens with one attached hydrogen (secondary N) is 1. The van der Waals surface area contributed by atoms with E-state index in [0.29, 0.717) is 6.61 Å². The third kappa shape index (κ3) is 4.58. The first-order chi connectivity index (χ1) is 10.6. The van der Waals surface area contributed by atoms with Gasteiger partial charge in [-0.3, -0.25) is 4.79 Å². The third-order valence-corrected chi connectivity index (χ3v) is 5.77. The average molecular weight is 427 g/mol. The first-order valence-corrected chi connectivity index (χ1v) is 8.81. The monoisotopic (exact) mass is 425 g/mol. The predicted molar refractivity (Wildman–Crippen MR) is 97.1 cm³/mol. The molecule has 0 fully saturated rings. The maximum Gasteiger partial charge on any atom is 0.239 e. The van der Waals surface area contributed by atoms with Gasteiger partial charge in [0.25, 0.3) is 0 Å². The number of hydrogen-bond acceptors (Lipinski definition) is 2. The summed E-state index contributed by atoms with van der Waals surface area (Å²) >= 11 is 7.03. The molecule has 2 rings (SSSR count). The van der Waals surface area contributed by atoms with Crippen LogP contribution in [0, 0.1) is 0 Å². The van der Waals surface area contributed by atoms with Crippen LogP contribution in [0.15, 0.2) is 54.6 Å². The Bertz CT molecular complexity index is 602. The van der Waals surface area contributed by atoms with Crippen LogP contribution in [0.1, 0.15) is 17.3 Å². The van der Waals surface area contributed by atoms with Crippen LogP contribution in [0.3, 0.4) is 0 Å². The summed E-state index contributed by atoms with van der Waals surface area (Å²) in [6.45, 7) is 2.56. The van der Waals surface area contributed by atoms with Crippen molar-refractivity contribution >= 4 is 43.5 Å². The van der Waals surface area contributed by atoms with Crippen LogP contribution in [0.2, 0.25) is 0 Å². The van der Waals surface area contributed by atoms with Gasteiger partial charge in [-0.05, 0) is 36.8 Å². The molecule has 3 nitrogen and oxygen atoms in total. The molecule has 1 N–H and O–H groups in total. The highest BCUT2D eigenvalue weighted by molar-refractivity contribution is 9.12. The Kier molecular flexibility index (Phi) is 6.46. The normalized spacial score (nSPS) is 13.2. The molecule has 0 heterocycles. The lowest BCUT2D eigenvalue weighted by Gasteiger charge is -2.17. The summed E-state index contributed by atoms with van der Waals surface area (Å²) in [4.78, 5) is 11.8. The van der Waals surface area contributed by atoms with Crippen LogP contribution in [0.4, 0.5) is 5.69 Å². The van der Waals surface area contributed by atoms with E-state index >= 15 is 0 Å². The standard InChI is InChI=1S/C17H17Br2NO2/c1-2-22-14-10-8-13(9-11-14)20-17(21)16(19)15(18)12-6-4-3-5-7-12/h3-11,15-16H,2H2,1H3,(H,20,21). The molecule has 22 heavy (non-hydrogen) atoms. The lowest BCUT2D eigenvalue weighted by atomic mass is 10.1. The van der Waals surface area contributed by atoms with E-state index in [1.165, 1.54) is 0 Å². The van der Waals surface area contributed by atoms with E-state index in [-0.39, 0.29) is 15.6 Å². The molecule has 2 unspecified atom stereocenters. The number of alkyl halides is 2. The molecule has 0 aliphatic carbocycles. The Hall–Kier alpha value is -1.33. The van der Waals surface area contributed by atoms with Gasteiger partial charge in [0.15, 0.2) is 0 Å². The molecule has 0 aromatic heterocycles. The second-order valence-corrected chi connectivity index (χ2v) is 6.63. The highest BCUT2D eigenvalue weighted by atomic mass is 79.9. The largest absolute Gasteiger partial charge is 0.494 e. The fraction of sp³-hybridized carbons (Fsp3) is 0.235. The first kappa shape index (κ1) is 17.0. The molecule has 0 aliphatic rings. The second kappa shape index (κ2) is 8.34. The van der Waals surface area contributed by atoms with Crippen molar-refractivity contribution in [3.63, 3.8) is 0 Å². The van der Waals surface area contributed by atoms with E-state index in [9.17, 15) is 4.79 Å². The van der Waals surface area contributed by atoms with Gasteiger partial charge in [0, 0.05) is 5.69 Å². The minimum absolute atomic E-state index is 0.101. The van der Waals surface area contributed by atoms with Gasteiger partial charge in [0.05, 0.1) is 11.4 Å². The van der Waals surface area contributed by atoms with Crippen LogP contribution in [-0.4, -0.2) is 17.3 Å². The summed E-state index contributed by atoms with van der Waals surface area (Å²) in [6.07, 6.45) is 0. The summed E-state index contributed by atoms with van der Waals surface area (Å²) < 4.78 is 5.38. The van der Waals surface area contributed by atoms with Gasteiger partial charge in [0.2, 0.25) is 5.91 Å². The molecular weight excluding hydrogens is 410 g/mol. The first-order valence-electron chi connectivity index (χ1n) is 6.98. The summed E-state index contributed by atoms with van der Waals surface area (Å²) in [5.74, 6) is 0.688. The number of anilines is 1. The van der Waals surface area contributed by atoms with E-state index < -0.39 is 0 Å². The molecule has 5 heteroatoms. The number of carbonyl (C=O) groups excluding carboxylic acids is 1. The molecule has 2 aromatic rings. The molecule has 0 aliphatic heterocycles. The van der Waals surface area contributed by atoms with Gasteiger partial charge in [0.1, 0.15) is 10.6 Å². The highest BCUT2D eigenvalue weighted by Crippen LogP contribution is 2.31. The van der Waals surface area contributed by atoms with Crippen LogP contribution >= 0.6 is 31.9 Å². The fourth-order valence-electron chi connectivity index (χ4n) is 1.95. The molecule has 116 valence electrons. The Morgan fingerprint density at radius 2 is 1.73 bits per heavy atom. The van der Waals surface area contributed by atoms with Gasteiger partial charge >= 0.3 is 0 Å². The Balaban J connectivity index is 1.99. The van der Waals surface area contributed by atoms with Gasteiger partial charge in [-0.2, -0.15) is 0 Å². The van der Waals surface area contributed by atoms with E-state index in [1.807, 2.05) is 61.5 Å². The van der Waals surface area contributed by atoms with Crippen molar-refractivity contribution < 1.29 is 9.53 Å². The zero-order valence-electron chi connectivity index (χ0n) is 12.1. The summed E-state index contributed by atoms with van der Waals surface area (Å²) in [6, 6.07) is 17.2. The van der Waals surface area contributed by atoms with E-state index in [1.54, 1.807) is 0 Å². The topological polar surface area (TPSA) is 38.3 Å². The van der Waals surface area contributed by atoms with Crippen molar-refractivity contribution in [2.24, 2.45) is 0 Å². The van der Waals surface area contributed by atoms with E-state index in [2.05, 4.69) is 37.2 Å². The number of carbonyl (C=O) groups is 1. The molecule has 0 saturated carbocycles. The number of hydrogen-bond donors (Lipinski definition) is 1. The van der Waals surface area contributed by atoms with Crippen LogP contribution in [0.5, 0.6) is 5.75 Å². The summed E-state index contributed by atoms with van der Waals surface area (Å²) in [5, 5.41) is 2.89. The lowest BCUT2D eigenvalue weighted by molar-refractivity contribution is -0.115. The maximum absolute atomic E-state index is 12.3. The minimum atomic E-state index is -0.374. The number of ether oxygens (including phenoxy) is 1. The van der Waals surface area contributed by atoms with Crippen molar-refractivity contribution in [1.29, 1.82) is 0 Å². The molecule has 0 bridgehead atoms. The molecule has 0 radical (unpaired) electrons. The van der Waals surface area contributed by atoms with Gasteiger partial charge in [-0.1, -0.05) is 62.2 Å². The van der Waals surface area contributed by atoms with Crippen molar-refractivity contribution in [3.8, 4) is 5.75 Å². The zero-order chi connectivity index (χ0) is 15.9. The van der Waals surface area contributed by atoms with Crippen molar-refractivity contribution in [2.45, 2.75) is 16.6 Å². The molecule has 2 atom stereocenters. The molecular formula is C17H17Br2NO2. The van der Waals surface area contributed by atoms with E-state index in [4.69, 9.17) is 4.74 Å². The smallest absolute Gasteiger partial charge is 0.239 e. The zero-order valence-corrected chi connectivity index (χ0v) is 15.3. The molecule has 0 spiro atoms. The average Bonchev–Trinajstić information content (AvgIpc) is 2.56. The number of amides is 1. The third-order valence-electron chi connectivity index (χ3n) is 3.06. The van der Waals surface area contributed by atoms with Crippen LogP contribution in [-0.2, 0) is 4.79 Å². The second-order valence-electron chi connectivity index (χ2n) is 4.66. The summed E-state index contributed by atoms with van der Waals surface area (Å²) in [7, 11) is 0. The maximum atomic E-state index is 12.3. The Morgan fingerprint density at radius 1 is 1.09 bits per heavy atom. The quantitative estimate of drug-likeness (QED) is 0.665. The number of halogens is 2. The van der Waals surface area contributed by atoms with Crippen molar-refractivity contribution in [3.05, 3.63) is 60.2 Å². The lowest BCUT2D eigenvalue weighted by Crippen LogP contribution is -2.26. The Labute approximate surface area is 147 Å². The van der Waals surface area contributed by atoms with Gasteiger partial charge < -0.3 is 10.1 Å². The number of rotatable bonds is 6. The van der Waals surface area contributed by atoms with Gasteiger partial charge in [-0.25, -0.2) is 0 Å². The number of benzene rings is 2. The SMILES string of the molecule is CCOc1ccc(NC(=O)C(Br)C(Br)c2ccccc2)cc1. The predicted octanol–water partition coefficient (Wildman–Crippen LogP) is 4.92. The van der Waals surface area contributed by atoms with Crippen molar-refractivity contribution in [2.75, 3.05) is 11.9 Å². The molecule has 1 amide bonds.